The molecule has 0 amide bonds. The van der Waals surface area contributed by atoms with E-state index in [0.717, 1.165) is 0 Å². The standard InChI is InChI=1S/C9H9N3O3S/c1-7(13)16-5-3-2-4-8-9(12(14)15)11-6-10-8/h6H,3,5H2,1H3,(H,10,11). The smallest absolute Gasteiger partial charge is 0.356 e. The number of carbonyl (C=O) groups excluding carboxylic acids is 1. The van der Waals surface area contributed by atoms with Crippen molar-refractivity contribution in [3.63, 3.8) is 0 Å². The number of thioether (sulfide) groups is 1. The molecule has 0 saturated carbocycles. The Bertz CT molecular complexity index is 458. The lowest BCUT2D eigenvalue weighted by Gasteiger charge is -1.89. The molecule has 0 fully saturated rings. The fraction of sp³-hybridized carbons (Fsp3) is 0.333. The Balaban J connectivity index is 2.53. The molecule has 0 aromatic carbocycles. The Morgan fingerprint density at radius 1 is 1.75 bits per heavy atom. The molecule has 0 aliphatic heterocycles. The Morgan fingerprint density at radius 3 is 3.12 bits per heavy atom. The number of aromatic amines is 1. The van der Waals surface area contributed by atoms with Gasteiger partial charge in [0.05, 0.1) is 0 Å². The molecule has 1 rings (SSSR count). The minimum Gasteiger partial charge on any atom is -0.358 e. The van der Waals surface area contributed by atoms with Gasteiger partial charge in [-0.2, -0.15) is 4.98 Å². The predicted molar refractivity (Wildman–Crippen MR) is 59.9 cm³/mol. The van der Waals surface area contributed by atoms with Gasteiger partial charge in [0.2, 0.25) is 5.69 Å². The fourth-order valence-corrected chi connectivity index (χ4v) is 1.40. The van der Waals surface area contributed by atoms with E-state index in [4.69, 9.17) is 0 Å². The van der Waals surface area contributed by atoms with Gasteiger partial charge in [-0.1, -0.05) is 17.7 Å². The Hall–Kier alpha value is -1.81. The van der Waals surface area contributed by atoms with Gasteiger partial charge in [-0.05, 0) is 10.8 Å². The molecule has 1 aromatic rings. The molecule has 0 unspecified atom stereocenters. The minimum absolute atomic E-state index is 0.0348. The molecule has 0 radical (unpaired) electrons. The molecule has 0 atom stereocenters. The monoisotopic (exact) mass is 239 g/mol. The van der Waals surface area contributed by atoms with E-state index in [1.807, 2.05) is 0 Å². The molecule has 0 saturated heterocycles. The Kier molecular flexibility index (Phi) is 4.54. The molecule has 0 spiro atoms. The first-order chi connectivity index (χ1) is 7.61. The van der Waals surface area contributed by atoms with Crippen molar-refractivity contribution in [2.75, 3.05) is 5.75 Å². The first kappa shape index (κ1) is 12.3. The number of nitrogens with zero attached hydrogens (tertiary/aromatic N) is 2. The first-order valence-electron chi connectivity index (χ1n) is 4.41. The molecule has 16 heavy (non-hydrogen) atoms. The molecule has 7 heteroatoms. The quantitative estimate of drug-likeness (QED) is 0.372. The summed E-state index contributed by atoms with van der Waals surface area (Å²) in [6.07, 6.45) is 1.72. The van der Waals surface area contributed by atoms with Crippen LogP contribution >= 0.6 is 11.8 Å². The molecule has 0 aliphatic carbocycles. The van der Waals surface area contributed by atoms with E-state index in [9.17, 15) is 14.9 Å². The number of rotatable bonds is 3. The van der Waals surface area contributed by atoms with E-state index < -0.39 is 4.92 Å². The van der Waals surface area contributed by atoms with E-state index in [1.165, 1.54) is 25.0 Å². The highest BCUT2D eigenvalue weighted by atomic mass is 32.2. The van der Waals surface area contributed by atoms with E-state index in [0.29, 0.717) is 12.2 Å². The molecule has 0 bridgehead atoms. The van der Waals surface area contributed by atoms with Gasteiger partial charge >= 0.3 is 5.82 Å². The number of aromatic nitrogens is 2. The van der Waals surface area contributed by atoms with Crippen LogP contribution in [0.3, 0.4) is 0 Å². The minimum atomic E-state index is -0.568. The maximum atomic E-state index is 10.6. The van der Waals surface area contributed by atoms with E-state index in [-0.39, 0.29) is 16.6 Å². The summed E-state index contributed by atoms with van der Waals surface area (Å²) in [5, 5.41) is 10.5. The Labute approximate surface area is 96.0 Å². The third-order valence-electron chi connectivity index (χ3n) is 1.54. The lowest BCUT2D eigenvalue weighted by atomic mass is 10.4. The Morgan fingerprint density at radius 2 is 2.50 bits per heavy atom. The summed E-state index contributed by atoms with van der Waals surface area (Å²) in [6.45, 7) is 1.48. The SMILES string of the molecule is CC(=O)SCCC#Cc1nc[nH]c1[N+](=O)[O-]. The van der Waals surface area contributed by atoms with Gasteiger partial charge in [0.1, 0.15) is 0 Å². The van der Waals surface area contributed by atoms with Crippen LogP contribution in [0.5, 0.6) is 0 Å². The van der Waals surface area contributed by atoms with Crippen molar-refractivity contribution in [2.45, 2.75) is 13.3 Å². The van der Waals surface area contributed by atoms with Crippen molar-refractivity contribution in [3.8, 4) is 11.8 Å². The van der Waals surface area contributed by atoms with Crippen molar-refractivity contribution < 1.29 is 9.72 Å². The van der Waals surface area contributed by atoms with Crippen LogP contribution in [0, 0.1) is 22.0 Å². The second-order valence-electron chi connectivity index (χ2n) is 2.75. The van der Waals surface area contributed by atoms with Gasteiger partial charge in [0.15, 0.2) is 11.4 Å². The average Bonchev–Trinajstić information content (AvgIpc) is 2.65. The lowest BCUT2D eigenvalue weighted by molar-refractivity contribution is -0.389. The number of imidazole rings is 1. The number of nitrogens with one attached hydrogen (secondary N) is 1. The number of hydrogen-bond acceptors (Lipinski definition) is 5. The highest BCUT2D eigenvalue weighted by Crippen LogP contribution is 2.10. The van der Waals surface area contributed by atoms with E-state index in [1.54, 1.807) is 0 Å². The van der Waals surface area contributed by atoms with Crippen molar-refractivity contribution in [1.29, 1.82) is 0 Å². The number of hydrogen-bond donors (Lipinski definition) is 1. The van der Waals surface area contributed by atoms with Crippen molar-refractivity contribution in [3.05, 3.63) is 22.1 Å². The van der Waals surface area contributed by atoms with E-state index in [2.05, 4.69) is 21.8 Å². The lowest BCUT2D eigenvalue weighted by Crippen LogP contribution is -1.91. The number of H-pyrrole nitrogens is 1. The molecule has 0 aliphatic rings. The molecule has 84 valence electrons. The van der Waals surface area contributed by atoms with Gasteiger partial charge in [-0.25, -0.2) is 4.98 Å². The first-order valence-corrected chi connectivity index (χ1v) is 5.40. The molecule has 1 heterocycles. The van der Waals surface area contributed by atoms with Crippen LogP contribution in [0.25, 0.3) is 0 Å². The topological polar surface area (TPSA) is 88.9 Å². The van der Waals surface area contributed by atoms with Gasteiger partial charge in [-0.3, -0.25) is 4.79 Å². The van der Waals surface area contributed by atoms with Crippen LogP contribution in [-0.2, 0) is 4.79 Å². The zero-order valence-electron chi connectivity index (χ0n) is 8.52. The van der Waals surface area contributed by atoms with Gasteiger partial charge < -0.3 is 10.1 Å². The maximum absolute atomic E-state index is 10.6. The van der Waals surface area contributed by atoms with Crippen molar-refractivity contribution in [1.82, 2.24) is 9.97 Å². The van der Waals surface area contributed by atoms with Crippen LogP contribution in [0.2, 0.25) is 0 Å². The molecule has 1 aromatic heterocycles. The summed E-state index contributed by atoms with van der Waals surface area (Å²) in [7, 11) is 0. The van der Waals surface area contributed by atoms with Crippen molar-refractivity contribution >= 4 is 22.7 Å². The highest BCUT2D eigenvalue weighted by Gasteiger charge is 2.11. The zero-order valence-corrected chi connectivity index (χ0v) is 9.34. The number of nitro groups is 1. The summed E-state index contributed by atoms with van der Waals surface area (Å²) in [5.74, 6) is 5.70. The summed E-state index contributed by atoms with van der Waals surface area (Å²) < 4.78 is 0. The predicted octanol–water partition coefficient (Wildman–Crippen LogP) is 1.34. The third kappa shape index (κ3) is 3.74. The summed E-state index contributed by atoms with van der Waals surface area (Å²) in [5.41, 5.74) is 0.123. The average molecular weight is 239 g/mol. The summed E-state index contributed by atoms with van der Waals surface area (Å²) in [4.78, 5) is 26.6. The van der Waals surface area contributed by atoms with Gasteiger partial charge in [0.25, 0.3) is 0 Å². The fourth-order valence-electron chi connectivity index (χ4n) is 0.910. The van der Waals surface area contributed by atoms with E-state index >= 15 is 0 Å². The zero-order chi connectivity index (χ0) is 12.0. The molecule has 6 nitrogen and oxygen atoms in total. The van der Waals surface area contributed by atoms with Crippen molar-refractivity contribution in [2.24, 2.45) is 0 Å². The largest absolute Gasteiger partial charge is 0.358 e. The third-order valence-corrected chi connectivity index (χ3v) is 2.36. The summed E-state index contributed by atoms with van der Waals surface area (Å²) >= 11 is 1.18. The van der Waals surface area contributed by atoms with Crippen LogP contribution in [-0.4, -0.2) is 25.8 Å². The maximum Gasteiger partial charge on any atom is 0.356 e. The second kappa shape index (κ2) is 5.92. The normalized spacial score (nSPS) is 9.31. The summed E-state index contributed by atoms with van der Waals surface area (Å²) in [6, 6.07) is 0. The second-order valence-corrected chi connectivity index (χ2v) is 4.02. The van der Waals surface area contributed by atoms with Crippen LogP contribution < -0.4 is 0 Å². The van der Waals surface area contributed by atoms with Gasteiger partial charge in [0, 0.05) is 19.1 Å². The molecular weight excluding hydrogens is 230 g/mol. The van der Waals surface area contributed by atoms with Crippen LogP contribution in [0.15, 0.2) is 6.33 Å². The van der Waals surface area contributed by atoms with Gasteiger partial charge in [-0.15, -0.1) is 0 Å². The van der Waals surface area contributed by atoms with Crippen LogP contribution in [0.1, 0.15) is 19.0 Å². The highest BCUT2D eigenvalue weighted by molar-refractivity contribution is 8.13. The molecule has 1 N–H and O–H groups in total. The van der Waals surface area contributed by atoms with Crippen LogP contribution in [0.4, 0.5) is 5.82 Å². The number of carbonyl (C=O) groups is 1. The molecular formula is C9H9N3O3S.